The molecule has 0 atom stereocenters. The van der Waals surface area contributed by atoms with E-state index in [1.54, 1.807) is 6.20 Å². The van der Waals surface area contributed by atoms with Gasteiger partial charge in [0, 0.05) is 12.7 Å². The maximum atomic E-state index is 10.7. The van der Waals surface area contributed by atoms with Crippen LogP contribution in [0.15, 0.2) is 12.3 Å². The molecule has 5 heteroatoms. The number of carboxylic acid groups (broad SMARTS) is 1. The van der Waals surface area contributed by atoms with Crippen molar-refractivity contribution in [1.82, 2.24) is 9.88 Å². The van der Waals surface area contributed by atoms with Gasteiger partial charge in [0.25, 0.3) is 0 Å². The number of anilines is 1. The molecule has 0 radical (unpaired) electrons. The quantitative estimate of drug-likeness (QED) is 0.635. The zero-order valence-electron chi connectivity index (χ0n) is 7.60. The molecule has 1 aliphatic rings. The van der Waals surface area contributed by atoms with Crippen LogP contribution in [0.1, 0.15) is 11.1 Å². The zero-order chi connectivity index (χ0) is 10.1. The van der Waals surface area contributed by atoms with E-state index in [0.717, 1.165) is 11.1 Å². The van der Waals surface area contributed by atoms with E-state index in [0.29, 0.717) is 25.3 Å². The van der Waals surface area contributed by atoms with Crippen molar-refractivity contribution in [1.29, 1.82) is 0 Å². The molecule has 1 aromatic rings. The van der Waals surface area contributed by atoms with Crippen molar-refractivity contribution in [2.24, 2.45) is 0 Å². The molecule has 0 bridgehead atoms. The largest absolute Gasteiger partial charge is 0.465 e. The van der Waals surface area contributed by atoms with Gasteiger partial charge in [0.1, 0.15) is 5.82 Å². The number of amides is 1. The minimum Gasteiger partial charge on any atom is -0.465 e. The molecule has 3 N–H and O–H groups in total. The molecule has 1 aromatic heterocycles. The Balaban J connectivity index is 2.27. The molecule has 0 aromatic carbocycles. The number of hydrogen-bond donors (Lipinski definition) is 2. The molecule has 5 nitrogen and oxygen atoms in total. The number of rotatable bonds is 0. The van der Waals surface area contributed by atoms with E-state index < -0.39 is 6.09 Å². The highest BCUT2D eigenvalue weighted by molar-refractivity contribution is 5.65. The molecule has 14 heavy (non-hydrogen) atoms. The fraction of sp³-hybridized carbons (Fsp3) is 0.333. The molecular formula is C9H11N3O2. The number of fused-ring (bicyclic) bond motifs is 1. The van der Waals surface area contributed by atoms with Crippen LogP contribution in [-0.2, 0) is 13.0 Å². The van der Waals surface area contributed by atoms with Gasteiger partial charge in [0.15, 0.2) is 0 Å². The fourth-order valence-electron chi connectivity index (χ4n) is 1.62. The topological polar surface area (TPSA) is 79.5 Å². The highest BCUT2D eigenvalue weighted by Crippen LogP contribution is 2.19. The summed E-state index contributed by atoms with van der Waals surface area (Å²) in [5.74, 6) is 0.493. The van der Waals surface area contributed by atoms with E-state index in [1.165, 1.54) is 4.90 Å². The monoisotopic (exact) mass is 193 g/mol. The normalized spacial score (nSPS) is 15.0. The Kier molecular flexibility index (Phi) is 1.99. The average Bonchev–Trinajstić information content (AvgIpc) is 2.16. The van der Waals surface area contributed by atoms with Gasteiger partial charge in [-0.05, 0) is 23.6 Å². The second-order valence-corrected chi connectivity index (χ2v) is 3.33. The summed E-state index contributed by atoms with van der Waals surface area (Å²) < 4.78 is 0. The minimum absolute atomic E-state index is 0.415. The summed E-state index contributed by atoms with van der Waals surface area (Å²) in [5.41, 5.74) is 7.59. The number of nitrogens with zero attached hydrogens (tertiary/aromatic N) is 2. The summed E-state index contributed by atoms with van der Waals surface area (Å²) in [6, 6.07) is 1.81. The van der Waals surface area contributed by atoms with Gasteiger partial charge in [-0.2, -0.15) is 0 Å². The molecule has 0 saturated carbocycles. The summed E-state index contributed by atoms with van der Waals surface area (Å²) >= 11 is 0. The van der Waals surface area contributed by atoms with Gasteiger partial charge < -0.3 is 15.7 Å². The molecule has 0 saturated heterocycles. The van der Waals surface area contributed by atoms with E-state index in [1.807, 2.05) is 6.07 Å². The Hall–Kier alpha value is -1.78. The Morgan fingerprint density at radius 1 is 1.57 bits per heavy atom. The molecule has 0 unspecified atom stereocenters. The van der Waals surface area contributed by atoms with E-state index in [-0.39, 0.29) is 0 Å². The molecule has 1 aliphatic heterocycles. The maximum Gasteiger partial charge on any atom is 0.407 e. The first-order chi connectivity index (χ1) is 6.66. The van der Waals surface area contributed by atoms with Crippen LogP contribution in [0.2, 0.25) is 0 Å². The third kappa shape index (κ3) is 1.48. The van der Waals surface area contributed by atoms with Crippen LogP contribution < -0.4 is 5.73 Å². The van der Waals surface area contributed by atoms with E-state index in [2.05, 4.69) is 4.98 Å². The Labute approximate surface area is 81.2 Å². The lowest BCUT2D eigenvalue weighted by Crippen LogP contribution is -2.34. The molecule has 1 amide bonds. The number of nitrogen functional groups attached to an aromatic ring is 1. The van der Waals surface area contributed by atoms with Crippen molar-refractivity contribution < 1.29 is 9.90 Å². The number of hydrogen-bond acceptors (Lipinski definition) is 3. The van der Waals surface area contributed by atoms with Crippen molar-refractivity contribution in [3.05, 3.63) is 23.4 Å². The van der Waals surface area contributed by atoms with Crippen molar-refractivity contribution in [2.75, 3.05) is 12.3 Å². The lowest BCUT2D eigenvalue weighted by molar-refractivity contribution is 0.140. The van der Waals surface area contributed by atoms with Gasteiger partial charge in [-0.1, -0.05) is 0 Å². The summed E-state index contributed by atoms with van der Waals surface area (Å²) in [6.07, 6.45) is 1.49. The van der Waals surface area contributed by atoms with Crippen molar-refractivity contribution in [2.45, 2.75) is 13.0 Å². The smallest absolute Gasteiger partial charge is 0.407 e. The van der Waals surface area contributed by atoms with E-state index in [9.17, 15) is 4.79 Å². The van der Waals surface area contributed by atoms with Gasteiger partial charge in [0.2, 0.25) is 0 Å². The minimum atomic E-state index is -0.882. The van der Waals surface area contributed by atoms with Crippen LogP contribution in [-0.4, -0.2) is 27.6 Å². The summed E-state index contributed by atoms with van der Waals surface area (Å²) in [6.45, 7) is 0.948. The maximum absolute atomic E-state index is 10.7. The zero-order valence-corrected chi connectivity index (χ0v) is 7.60. The Morgan fingerprint density at radius 3 is 3.07 bits per heavy atom. The molecule has 0 fully saturated rings. The number of aromatic nitrogens is 1. The Morgan fingerprint density at radius 2 is 2.36 bits per heavy atom. The van der Waals surface area contributed by atoms with Crippen LogP contribution >= 0.6 is 0 Å². The Bertz CT molecular complexity index is 378. The van der Waals surface area contributed by atoms with Crippen molar-refractivity contribution in [3.8, 4) is 0 Å². The van der Waals surface area contributed by atoms with E-state index in [4.69, 9.17) is 10.8 Å². The molecule has 0 spiro atoms. The third-order valence-electron chi connectivity index (χ3n) is 2.39. The van der Waals surface area contributed by atoms with Crippen LogP contribution in [0.4, 0.5) is 10.6 Å². The molecule has 2 rings (SSSR count). The molecular weight excluding hydrogens is 182 g/mol. The highest BCUT2D eigenvalue weighted by Gasteiger charge is 2.19. The lowest BCUT2D eigenvalue weighted by atomic mass is 10.0. The van der Waals surface area contributed by atoms with Gasteiger partial charge in [0.05, 0.1) is 6.54 Å². The predicted molar refractivity (Wildman–Crippen MR) is 50.8 cm³/mol. The number of carbonyl (C=O) groups is 1. The summed E-state index contributed by atoms with van der Waals surface area (Å²) in [7, 11) is 0. The van der Waals surface area contributed by atoms with E-state index >= 15 is 0 Å². The van der Waals surface area contributed by atoms with Crippen molar-refractivity contribution >= 4 is 11.9 Å². The first-order valence-corrected chi connectivity index (χ1v) is 4.38. The van der Waals surface area contributed by atoms with Crippen LogP contribution in [0.5, 0.6) is 0 Å². The second-order valence-electron chi connectivity index (χ2n) is 3.33. The highest BCUT2D eigenvalue weighted by atomic mass is 16.4. The molecule has 2 heterocycles. The molecule has 0 aliphatic carbocycles. The SMILES string of the molecule is Nc1cc2c(cn1)CN(C(=O)O)CC2. The average molecular weight is 193 g/mol. The first-order valence-electron chi connectivity index (χ1n) is 4.38. The second kappa shape index (κ2) is 3.17. The standard InChI is InChI=1S/C9H11N3O2/c10-8-3-6-1-2-12(9(13)14)5-7(6)4-11-8/h3-4H,1-2,5H2,(H2,10,11)(H,13,14). The van der Waals surface area contributed by atoms with Gasteiger partial charge >= 0.3 is 6.09 Å². The van der Waals surface area contributed by atoms with Crippen LogP contribution in [0, 0.1) is 0 Å². The molecule has 74 valence electrons. The van der Waals surface area contributed by atoms with Crippen molar-refractivity contribution in [3.63, 3.8) is 0 Å². The van der Waals surface area contributed by atoms with Crippen LogP contribution in [0.3, 0.4) is 0 Å². The predicted octanol–water partition coefficient (Wildman–Crippen LogP) is 0.700. The summed E-state index contributed by atoms with van der Waals surface area (Å²) in [5, 5.41) is 8.80. The first kappa shape index (κ1) is 8.80. The van der Waals surface area contributed by atoms with Gasteiger partial charge in [-0.15, -0.1) is 0 Å². The van der Waals surface area contributed by atoms with Gasteiger partial charge in [-0.3, -0.25) is 0 Å². The number of nitrogens with two attached hydrogens (primary N) is 1. The summed E-state index contributed by atoms with van der Waals surface area (Å²) in [4.78, 5) is 16.0. The van der Waals surface area contributed by atoms with Gasteiger partial charge in [-0.25, -0.2) is 9.78 Å². The number of pyridine rings is 1. The third-order valence-corrected chi connectivity index (χ3v) is 2.39. The lowest BCUT2D eigenvalue weighted by Gasteiger charge is -2.25. The van der Waals surface area contributed by atoms with Crippen LogP contribution in [0.25, 0.3) is 0 Å². The fourth-order valence-corrected chi connectivity index (χ4v) is 1.62.